The summed E-state index contributed by atoms with van der Waals surface area (Å²) in [6, 6.07) is 12.7. The third-order valence-corrected chi connectivity index (χ3v) is 5.12. The number of hydrogen-bond donors (Lipinski definition) is 2. The van der Waals surface area contributed by atoms with Gasteiger partial charge in [-0.1, -0.05) is 31.0 Å². The lowest BCUT2D eigenvalue weighted by molar-refractivity contribution is 0.744. The lowest BCUT2D eigenvalue weighted by Gasteiger charge is -2.16. The highest BCUT2D eigenvalue weighted by molar-refractivity contribution is 5.70. The van der Waals surface area contributed by atoms with Gasteiger partial charge >= 0.3 is 0 Å². The van der Waals surface area contributed by atoms with Gasteiger partial charge < -0.3 is 10.6 Å². The molecule has 1 saturated carbocycles. The zero-order chi connectivity index (χ0) is 18.6. The van der Waals surface area contributed by atoms with Crippen molar-refractivity contribution in [3.8, 4) is 11.3 Å². The third kappa shape index (κ3) is 4.08. The normalized spacial score (nSPS) is 14.3. The van der Waals surface area contributed by atoms with Crippen LogP contribution in [0.1, 0.15) is 36.8 Å². The zero-order valence-corrected chi connectivity index (χ0v) is 15.9. The minimum Gasteiger partial charge on any atom is -0.351 e. The SMILES string of the molecule is Cc1cccc(C)c1Nc1cc(-c2ccncc2)nc(NC2CCCC2)n1. The Balaban J connectivity index is 1.71. The Labute approximate surface area is 160 Å². The maximum Gasteiger partial charge on any atom is 0.225 e. The summed E-state index contributed by atoms with van der Waals surface area (Å²) in [5, 5.41) is 7.04. The lowest BCUT2D eigenvalue weighted by Crippen LogP contribution is -2.17. The second-order valence-electron chi connectivity index (χ2n) is 7.22. The maximum atomic E-state index is 4.76. The molecule has 1 aliphatic rings. The number of anilines is 3. The second kappa shape index (κ2) is 7.74. The maximum absolute atomic E-state index is 4.76. The van der Waals surface area contributed by atoms with Gasteiger partial charge in [0.05, 0.1) is 5.69 Å². The van der Waals surface area contributed by atoms with E-state index in [4.69, 9.17) is 9.97 Å². The van der Waals surface area contributed by atoms with E-state index < -0.39 is 0 Å². The fourth-order valence-corrected chi connectivity index (χ4v) is 3.64. The van der Waals surface area contributed by atoms with Gasteiger partial charge in [0.15, 0.2) is 0 Å². The lowest BCUT2D eigenvalue weighted by atomic mass is 10.1. The summed E-state index contributed by atoms with van der Waals surface area (Å²) in [5.41, 5.74) is 5.42. The van der Waals surface area contributed by atoms with E-state index in [2.05, 4.69) is 47.7 Å². The highest BCUT2D eigenvalue weighted by Crippen LogP contribution is 2.28. The number of pyridine rings is 1. The molecule has 0 unspecified atom stereocenters. The van der Waals surface area contributed by atoms with E-state index in [0.29, 0.717) is 12.0 Å². The van der Waals surface area contributed by atoms with Crippen LogP contribution in [-0.4, -0.2) is 21.0 Å². The summed E-state index contributed by atoms with van der Waals surface area (Å²) >= 11 is 0. The number of aromatic nitrogens is 3. The molecule has 0 radical (unpaired) electrons. The number of nitrogens with zero attached hydrogens (tertiary/aromatic N) is 3. The molecule has 0 bridgehead atoms. The quantitative estimate of drug-likeness (QED) is 0.651. The summed E-state index contributed by atoms with van der Waals surface area (Å²) in [7, 11) is 0. The van der Waals surface area contributed by atoms with Crippen molar-refractivity contribution in [1.82, 2.24) is 15.0 Å². The Kier molecular flexibility index (Phi) is 5.01. The fraction of sp³-hybridized carbons (Fsp3) is 0.318. The Morgan fingerprint density at radius 3 is 2.33 bits per heavy atom. The van der Waals surface area contributed by atoms with Crippen LogP contribution < -0.4 is 10.6 Å². The number of hydrogen-bond acceptors (Lipinski definition) is 5. The van der Waals surface area contributed by atoms with Crippen LogP contribution >= 0.6 is 0 Å². The van der Waals surface area contributed by atoms with Gasteiger partial charge in [0, 0.05) is 35.8 Å². The Morgan fingerprint density at radius 2 is 1.63 bits per heavy atom. The smallest absolute Gasteiger partial charge is 0.225 e. The molecule has 0 atom stereocenters. The molecule has 1 aromatic carbocycles. The fourth-order valence-electron chi connectivity index (χ4n) is 3.64. The highest BCUT2D eigenvalue weighted by atomic mass is 15.2. The van der Waals surface area contributed by atoms with Gasteiger partial charge in [0.25, 0.3) is 0 Å². The van der Waals surface area contributed by atoms with Crippen molar-refractivity contribution < 1.29 is 0 Å². The van der Waals surface area contributed by atoms with Crippen LogP contribution in [0.2, 0.25) is 0 Å². The Bertz CT molecular complexity index is 897. The van der Waals surface area contributed by atoms with E-state index in [0.717, 1.165) is 22.8 Å². The average molecular weight is 359 g/mol. The van der Waals surface area contributed by atoms with Gasteiger partial charge in [-0.2, -0.15) is 4.98 Å². The average Bonchev–Trinajstić information content (AvgIpc) is 3.18. The van der Waals surface area contributed by atoms with E-state index in [1.807, 2.05) is 18.2 Å². The molecule has 2 heterocycles. The van der Waals surface area contributed by atoms with E-state index >= 15 is 0 Å². The predicted molar refractivity (Wildman–Crippen MR) is 110 cm³/mol. The standard InChI is InChI=1S/C22H25N5/c1-15-6-5-7-16(2)21(15)26-20-14-19(17-10-12-23-13-11-17)25-22(27-20)24-18-8-3-4-9-18/h5-7,10-14,18H,3-4,8-9H2,1-2H3,(H2,24,25,26,27). The monoisotopic (exact) mass is 359 g/mol. The first kappa shape index (κ1) is 17.5. The van der Waals surface area contributed by atoms with Gasteiger partial charge in [0.2, 0.25) is 5.95 Å². The van der Waals surface area contributed by atoms with Crippen molar-refractivity contribution in [2.45, 2.75) is 45.6 Å². The Morgan fingerprint density at radius 1 is 0.926 bits per heavy atom. The van der Waals surface area contributed by atoms with Crippen molar-refractivity contribution in [1.29, 1.82) is 0 Å². The van der Waals surface area contributed by atoms with Gasteiger partial charge in [0.1, 0.15) is 5.82 Å². The molecule has 3 aromatic rings. The van der Waals surface area contributed by atoms with Crippen LogP contribution in [0, 0.1) is 13.8 Å². The molecule has 0 saturated heterocycles. The third-order valence-electron chi connectivity index (χ3n) is 5.12. The minimum atomic E-state index is 0.464. The molecular weight excluding hydrogens is 334 g/mol. The number of nitrogens with one attached hydrogen (secondary N) is 2. The highest BCUT2D eigenvalue weighted by Gasteiger charge is 2.17. The van der Waals surface area contributed by atoms with Crippen LogP contribution in [0.15, 0.2) is 48.8 Å². The number of aryl methyl sites for hydroxylation is 2. The predicted octanol–water partition coefficient (Wildman–Crippen LogP) is 5.25. The zero-order valence-electron chi connectivity index (χ0n) is 15.9. The molecule has 2 N–H and O–H groups in total. The molecule has 1 fully saturated rings. The van der Waals surface area contributed by atoms with Crippen molar-refractivity contribution in [2.75, 3.05) is 10.6 Å². The van der Waals surface area contributed by atoms with E-state index in [9.17, 15) is 0 Å². The molecule has 4 rings (SSSR count). The first-order chi connectivity index (χ1) is 13.2. The summed E-state index contributed by atoms with van der Waals surface area (Å²) in [5.74, 6) is 1.49. The van der Waals surface area contributed by atoms with E-state index in [1.165, 1.54) is 36.8 Å². The van der Waals surface area contributed by atoms with E-state index in [1.54, 1.807) is 12.4 Å². The second-order valence-corrected chi connectivity index (χ2v) is 7.22. The topological polar surface area (TPSA) is 62.7 Å². The molecule has 1 aliphatic carbocycles. The molecule has 27 heavy (non-hydrogen) atoms. The molecule has 2 aromatic heterocycles. The van der Waals surface area contributed by atoms with Gasteiger partial charge in [-0.3, -0.25) is 4.98 Å². The van der Waals surface area contributed by atoms with Crippen LogP contribution in [0.25, 0.3) is 11.3 Å². The first-order valence-electron chi connectivity index (χ1n) is 9.58. The summed E-state index contributed by atoms with van der Waals surface area (Å²) in [4.78, 5) is 13.6. The van der Waals surface area contributed by atoms with Crippen LogP contribution in [0.4, 0.5) is 17.5 Å². The van der Waals surface area contributed by atoms with Gasteiger partial charge in [-0.25, -0.2) is 4.98 Å². The number of para-hydroxylation sites is 1. The Hall–Kier alpha value is -2.95. The minimum absolute atomic E-state index is 0.464. The van der Waals surface area contributed by atoms with E-state index in [-0.39, 0.29) is 0 Å². The molecular formula is C22H25N5. The van der Waals surface area contributed by atoms with Crippen molar-refractivity contribution in [3.05, 3.63) is 59.9 Å². The molecule has 0 amide bonds. The van der Waals surface area contributed by atoms with Gasteiger partial charge in [-0.05, 0) is 49.9 Å². The molecule has 5 heteroatoms. The summed E-state index contributed by atoms with van der Waals surface area (Å²) < 4.78 is 0. The van der Waals surface area contributed by atoms with Crippen LogP contribution in [0.5, 0.6) is 0 Å². The van der Waals surface area contributed by atoms with Crippen LogP contribution in [-0.2, 0) is 0 Å². The van der Waals surface area contributed by atoms with Crippen LogP contribution in [0.3, 0.4) is 0 Å². The van der Waals surface area contributed by atoms with Crippen molar-refractivity contribution in [3.63, 3.8) is 0 Å². The molecule has 0 aliphatic heterocycles. The molecule has 0 spiro atoms. The van der Waals surface area contributed by atoms with Crippen molar-refractivity contribution >= 4 is 17.5 Å². The first-order valence-corrected chi connectivity index (χ1v) is 9.58. The van der Waals surface area contributed by atoms with Gasteiger partial charge in [-0.15, -0.1) is 0 Å². The molecule has 5 nitrogen and oxygen atoms in total. The number of benzene rings is 1. The summed E-state index contributed by atoms with van der Waals surface area (Å²) in [6.07, 6.45) is 8.50. The summed E-state index contributed by atoms with van der Waals surface area (Å²) in [6.45, 7) is 4.22. The molecule has 138 valence electrons. The largest absolute Gasteiger partial charge is 0.351 e. The van der Waals surface area contributed by atoms with Crippen molar-refractivity contribution in [2.24, 2.45) is 0 Å². The number of rotatable bonds is 5.